The maximum absolute atomic E-state index is 13.3. The highest BCUT2D eigenvalue weighted by molar-refractivity contribution is 5.29. The van der Waals surface area contributed by atoms with E-state index in [0.29, 0.717) is 24.3 Å². The number of nitrogens with one attached hydrogen (secondary N) is 1. The summed E-state index contributed by atoms with van der Waals surface area (Å²) in [6, 6.07) is 4.85. The van der Waals surface area contributed by atoms with Crippen LogP contribution >= 0.6 is 0 Å². The molecule has 18 heavy (non-hydrogen) atoms. The van der Waals surface area contributed by atoms with Crippen molar-refractivity contribution < 1.29 is 9.13 Å². The summed E-state index contributed by atoms with van der Waals surface area (Å²) in [5, 5.41) is 3.00. The molecular weight excluding hydrogens is 229 g/mol. The molecule has 1 N–H and O–H groups in total. The summed E-state index contributed by atoms with van der Waals surface area (Å²) in [5.74, 6) is 0.378. The van der Waals surface area contributed by atoms with Crippen LogP contribution in [0.1, 0.15) is 39.2 Å². The number of ether oxygens (including phenoxy) is 1. The first kappa shape index (κ1) is 15.0. The number of benzene rings is 1. The third-order valence-electron chi connectivity index (χ3n) is 2.65. The van der Waals surface area contributed by atoms with Crippen LogP contribution in [0.15, 0.2) is 18.2 Å². The van der Waals surface area contributed by atoms with Crippen molar-refractivity contribution in [1.82, 2.24) is 5.32 Å². The standard InChI is InChI=1S/C15H24FNO/c1-15(2,3)6-5-7-18-14-9-12(11-17-4)8-13(16)10-14/h8-10,17H,5-7,11H2,1-4H3. The zero-order chi connectivity index (χ0) is 13.6. The first-order valence-corrected chi connectivity index (χ1v) is 6.47. The van der Waals surface area contributed by atoms with Crippen molar-refractivity contribution in [1.29, 1.82) is 0 Å². The van der Waals surface area contributed by atoms with Gasteiger partial charge in [-0.1, -0.05) is 20.8 Å². The van der Waals surface area contributed by atoms with Crippen LogP contribution in [0.2, 0.25) is 0 Å². The monoisotopic (exact) mass is 253 g/mol. The summed E-state index contributed by atoms with van der Waals surface area (Å²) in [7, 11) is 1.84. The lowest BCUT2D eigenvalue weighted by Crippen LogP contribution is -2.09. The van der Waals surface area contributed by atoms with Gasteiger partial charge in [0.05, 0.1) is 6.61 Å². The Morgan fingerprint density at radius 3 is 2.56 bits per heavy atom. The zero-order valence-electron chi connectivity index (χ0n) is 11.8. The van der Waals surface area contributed by atoms with Gasteiger partial charge in [-0.2, -0.15) is 0 Å². The van der Waals surface area contributed by atoms with E-state index in [1.165, 1.54) is 12.1 Å². The van der Waals surface area contributed by atoms with Gasteiger partial charge in [-0.05, 0) is 43.0 Å². The van der Waals surface area contributed by atoms with Crippen molar-refractivity contribution in [3.05, 3.63) is 29.6 Å². The minimum atomic E-state index is -0.242. The number of rotatable bonds is 6. The summed E-state index contributed by atoms with van der Waals surface area (Å²) in [4.78, 5) is 0. The average Bonchev–Trinajstić information content (AvgIpc) is 2.23. The van der Waals surface area contributed by atoms with E-state index in [9.17, 15) is 4.39 Å². The van der Waals surface area contributed by atoms with Crippen LogP contribution in [-0.4, -0.2) is 13.7 Å². The molecule has 102 valence electrons. The molecule has 0 bridgehead atoms. The van der Waals surface area contributed by atoms with Crippen molar-refractivity contribution in [3.63, 3.8) is 0 Å². The van der Waals surface area contributed by atoms with Crippen molar-refractivity contribution >= 4 is 0 Å². The third-order valence-corrected chi connectivity index (χ3v) is 2.65. The molecule has 0 atom stereocenters. The van der Waals surface area contributed by atoms with E-state index >= 15 is 0 Å². The Morgan fingerprint density at radius 2 is 1.94 bits per heavy atom. The van der Waals surface area contributed by atoms with Gasteiger partial charge in [0.15, 0.2) is 0 Å². The fraction of sp³-hybridized carbons (Fsp3) is 0.600. The molecule has 3 heteroatoms. The number of halogens is 1. The highest BCUT2D eigenvalue weighted by Gasteiger charge is 2.09. The molecule has 0 fully saturated rings. The Bertz CT molecular complexity index is 371. The normalized spacial score (nSPS) is 11.6. The molecule has 0 aliphatic carbocycles. The van der Waals surface area contributed by atoms with Gasteiger partial charge >= 0.3 is 0 Å². The molecule has 0 saturated heterocycles. The fourth-order valence-corrected chi connectivity index (χ4v) is 1.80. The molecule has 0 saturated carbocycles. The van der Waals surface area contributed by atoms with Crippen LogP contribution in [0.25, 0.3) is 0 Å². The van der Waals surface area contributed by atoms with Gasteiger partial charge in [0.25, 0.3) is 0 Å². The van der Waals surface area contributed by atoms with Gasteiger partial charge in [-0.3, -0.25) is 0 Å². The van der Waals surface area contributed by atoms with Crippen molar-refractivity contribution in [3.8, 4) is 5.75 Å². The van der Waals surface area contributed by atoms with Gasteiger partial charge in [-0.15, -0.1) is 0 Å². The Morgan fingerprint density at radius 1 is 1.22 bits per heavy atom. The summed E-state index contributed by atoms with van der Waals surface area (Å²) >= 11 is 0. The second-order valence-corrected chi connectivity index (χ2v) is 5.84. The second-order valence-electron chi connectivity index (χ2n) is 5.84. The van der Waals surface area contributed by atoms with E-state index in [-0.39, 0.29) is 5.82 Å². The SMILES string of the molecule is CNCc1cc(F)cc(OCCCC(C)(C)C)c1. The maximum Gasteiger partial charge on any atom is 0.127 e. The van der Waals surface area contributed by atoms with Gasteiger partial charge in [0.1, 0.15) is 11.6 Å². The molecular formula is C15H24FNO. The fourth-order valence-electron chi connectivity index (χ4n) is 1.80. The van der Waals surface area contributed by atoms with Gasteiger partial charge in [0.2, 0.25) is 0 Å². The van der Waals surface area contributed by atoms with Crippen molar-refractivity contribution in [2.24, 2.45) is 5.41 Å². The highest BCUT2D eigenvalue weighted by atomic mass is 19.1. The van der Waals surface area contributed by atoms with E-state index < -0.39 is 0 Å². The lowest BCUT2D eigenvalue weighted by Gasteiger charge is -2.17. The topological polar surface area (TPSA) is 21.3 Å². The molecule has 0 heterocycles. The Labute approximate surface area is 110 Å². The average molecular weight is 253 g/mol. The smallest absolute Gasteiger partial charge is 0.127 e. The second kappa shape index (κ2) is 6.74. The zero-order valence-corrected chi connectivity index (χ0v) is 11.8. The number of hydrogen-bond donors (Lipinski definition) is 1. The molecule has 0 aromatic heterocycles. The first-order valence-electron chi connectivity index (χ1n) is 6.47. The quantitative estimate of drug-likeness (QED) is 0.780. The molecule has 0 amide bonds. The Balaban J connectivity index is 2.46. The molecule has 2 nitrogen and oxygen atoms in total. The molecule has 1 aromatic rings. The largest absolute Gasteiger partial charge is 0.493 e. The van der Waals surface area contributed by atoms with E-state index in [1.54, 1.807) is 0 Å². The van der Waals surface area contributed by atoms with E-state index in [4.69, 9.17) is 4.74 Å². The summed E-state index contributed by atoms with van der Waals surface area (Å²) < 4.78 is 18.9. The molecule has 0 aliphatic rings. The first-order chi connectivity index (χ1) is 8.40. The predicted molar refractivity (Wildman–Crippen MR) is 73.3 cm³/mol. The van der Waals surface area contributed by atoms with Crippen LogP contribution in [0, 0.1) is 11.2 Å². The predicted octanol–water partition coefficient (Wildman–Crippen LogP) is 3.75. The summed E-state index contributed by atoms with van der Waals surface area (Å²) in [6.07, 6.45) is 2.09. The maximum atomic E-state index is 13.3. The molecule has 0 aliphatic heterocycles. The van der Waals surface area contributed by atoms with Crippen LogP contribution < -0.4 is 10.1 Å². The van der Waals surface area contributed by atoms with Crippen LogP contribution in [0.3, 0.4) is 0 Å². The Hall–Kier alpha value is -1.09. The van der Waals surface area contributed by atoms with E-state index in [0.717, 1.165) is 18.4 Å². The van der Waals surface area contributed by atoms with E-state index in [2.05, 4.69) is 26.1 Å². The van der Waals surface area contributed by atoms with Crippen LogP contribution in [-0.2, 0) is 6.54 Å². The molecule has 1 aromatic carbocycles. The molecule has 0 unspecified atom stereocenters. The third kappa shape index (κ3) is 6.01. The lowest BCUT2D eigenvalue weighted by atomic mass is 9.91. The molecule has 0 spiro atoms. The van der Waals surface area contributed by atoms with Gasteiger partial charge in [0, 0.05) is 12.6 Å². The van der Waals surface area contributed by atoms with Gasteiger partial charge < -0.3 is 10.1 Å². The molecule has 1 rings (SSSR count). The minimum Gasteiger partial charge on any atom is -0.493 e. The summed E-state index contributed by atoms with van der Waals surface area (Å²) in [5.41, 5.74) is 1.23. The van der Waals surface area contributed by atoms with Crippen LogP contribution in [0.5, 0.6) is 5.75 Å². The van der Waals surface area contributed by atoms with Crippen LogP contribution in [0.4, 0.5) is 4.39 Å². The number of hydrogen-bond acceptors (Lipinski definition) is 2. The molecule has 0 radical (unpaired) electrons. The minimum absolute atomic E-state index is 0.242. The van der Waals surface area contributed by atoms with Crippen molar-refractivity contribution in [2.75, 3.05) is 13.7 Å². The lowest BCUT2D eigenvalue weighted by molar-refractivity contribution is 0.268. The van der Waals surface area contributed by atoms with Crippen molar-refractivity contribution in [2.45, 2.75) is 40.2 Å². The van der Waals surface area contributed by atoms with Gasteiger partial charge in [-0.25, -0.2) is 4.39 Å². The van der Waals surface area contributed by atoms with E-state index in [1.807, 2.05) is 13.1 Å². The summed E-state index contributed by atoms with van der Waals surface area (Å²) in [6.45, 7) is 7.91. The highest BCUT2D eigenvalue weighted by Crippen LogP contribution is 2.21. The Kier molecular flexibility index (Phi) is 5.60.